The Hall–Kier alpha value is -1.46. The maximum absolute atomic E-state index is 12.8. The first-order valence-corrected chi connectivity index (χ1v) is 9.24. The van der Waals surface area contributed by atoms with Crippen LogP contribution in [0.4, 0.5) is 0 Å². The molecule has 0 aliphatic carbocycles. The Morgan fingerprint density at radius 1 is 1.12 bits per heavy atom. The molecule has 2 rings (SSSR count). The topological polar surface area (TPSA) is 58.6 Å². The van der Waals surface area contributed by atoms with Crippen LogP contribution in [0.3, 0.4) is 0 Å². The van der Waals surface area contributed by atoms with E-state index < -0.39 is 11.9 Å². The fourth-order valence-corrected chi connectivity index (χ4v) is 3.45. The van der Waals surface area contributed by atoms with Gasteiger partial charge >= 0.3 is 0 Å². The van der Waals surface area contributed by atoms with Gasteiger partial charge in [-0.05, 0) is 37.3 Å². The number of methoxy groups -OCH3 is 1. The molecule has 7 heteroatoms. The molecule has 25 heavy (non-hydrogen) atoms. The van der Waals surface area contributed by atoms with E-state index in [1.54, 1.807) is 6.07 Å². The third-order valence-corrected chi connectivity index (χ3v) is 4.99. The average Bonchev–Trinajstić information content (AvgIpc) is 2.61. The van der Waals surface area contributed by atoms with Crippen molar-refractivity contribution in [1.82, 2.24) is 10.2 Å². The van der Waals surface area contributed by atoms with Gasteiger partial charge in [0.15, 0.2) is 5.75 Å². The molecule has 1 saturated heterocycles. The molecular weight excluding hydrogens is 363 g/mol. The van der Waals surface area contributed by atoms with Crippen LogP contribution in [0, 0.1) is 5.92 Å². The van der Waals surface area contributed by atoms with Crippen LogP contribution in [0.2, 0.25) is 10.0 Å². The fourth-order valence-electron chi connectivity index (χ4n) is 2.98. The Morgan fingerprint density at radius 3 is 2.28 bits per heavy atom. The van der Waals surface area contributed by atoms with Crippen molar-refractivity contribution < 1.29 is 14.3 Å². The molecule has 1 fully saturated rings. The summed E-state index contributed by atoms with van der Waals surface area (Å²) in [6.07, 6.45) is 3.13. The highest BCUT2D eigenvalue weighted by Crippen LogP contribution is 2.34. The van der Waals surface area contributed by atoms with Crippen LogP contribution in [-0.4, -0.2) is 43.0 Å². The predicted molar refractivity (Wildman–Crippen MR) is 99.5 cm³/mol. The first-order chi connectivity index (χ1) is 11.9. The van der Waals surface area contributed by atoms with E-state index >= 15 is 0 Å². The second kappa shape index (κ2) is 8.77. The molecule has 1 atom stereocenters. The van der Waals surface area contributed by atoms with E-state index in [-0.39, 0.29) is 28.2 Å². The third-order valence-electron chi connectivity index (χ3n) is 4.38. The lowest BCUT2D eigenvalue weighted by Gasteiger charge is -2.32. The summed E-state index contributed by atoms with van der Waals surface area (Å²) in [6, 6.07) is 2.49. The Morgan fingerprint density at radius 2 is 1.72 bits per heavy atom. The Balaban J connectivity index is 2.24. The summed E-state index contributed by atoms with van der Waals surface area (Å²) < 4.78 is 5.22. The van der Waals surface area contributed by atoms with Crippen LogP contribution in [-0.2, 0) is 4.79 Å². The molecule has 0 unspecified atom stereocenters. The number of nitrogens with zero attached hydrogens (tertiary/aromatic N) is 1. The van der Waals surface area contributed by atoms with Crippen LogP contribution in [0.25, 0.3) is 0 Å². The number of rotatable bonds is 5. The molecule has 1 N–H and O–H groups in total. The molecule has 0 aromatic heterocycles. The van der Waals surface area contributed by atoms with Gasteiger partial charge in [-0.2, -0.15) is 0 Å². The first kappa shape index (κ1) is 19.9. The highest BCUT2D eigenvalue weighted by molar-refractivity contribution is 6.37. The summed E-state index contributed by atoms with van der Waals surface area (Å²) in [5.41, 5.74) is 0.147. The van der Waals surface area contributed by atoms with Gasteiger partial charge in [0, 0.05) is 13.1 Å². The molecule has 1 aliphatic rings. The quantitative estimate of drug-likeness (QED) is 0.837. The molecule has 2 amide bonds. The van der Waals surface area contributed by atoms with Gasteiger partial charge in [-0.3, -0.25) is 9.59 Å². The van der Waals surface area contributed by atoms with Crippen LogP contribution in [0.15, 0.2) is 12.1 Å². The first-order valence-electron chi connectivity index (χ1n) is 8.48. The number of halogens is 2. The molecule has 1 aromatic carbocycles. The minimum atomic E-state index is -0.620. The monoisotopic (exact) mass is 386 g/mol. The number of nitrogens with one attached hydrogen (secondary N) is 1. The highest BCUT2D eigenvalue weighted by Gasteiger charge is 2.31. The number of piperidine rings is 1. The van der Waals surface area contributed by atoms with Crippen molar-refractivity contribution in [3.63, 3.8) is 0 Å². The van der Waals surface area contributed by atoms with Crippen molar-refractivity contribution in [3.8, 4) is 5.75 Å². The van der Waals surface area contributed by atoms with Crippen LogP contribution in [0.1, 0.15) is 43.5 Å². The molecule has 0 bridgehead atoms. The molecule has 138 valence electrons. The van der Waals surface area contributed by atoms with E-state index in [4.69, 9.17) is 27.9 Å². The zero-order chi connectivity index (χ0) is 18.6. The summed E-state index contributed by atoms with van der Waals surface area (Å²) >= 11 is 12.3. The van der Waals surface area contributed by atoms with Gasteiger partial charge in [-0.1, -0.05) is 37.0 Å². The maximum Gasteiger partial charge on any atom is 0.257 e. The van der Waals surface area contributed by atoms with E-state index in [0.29, 0.717) is 5.02 Å². The normalized spacial score (nSPS) is 15.8. The number of amides is 2. The van der Waals surface area contributed by atoms with Gasteiger partial charge in [-0.25, -0.2) is 0 Å². The highest BCUT2D eigenvalue weighted by atomic mass is 35.5. The summed E-state index contributed by atoms with van der Waals surface area (Å²) in [5, 5.41) is 3.34. The molecule has 5 nitrogen and oxygen atoms in total. The minimum absolute atomic E-state index is 0.0534. The smallest absolute Gasteiger partial charge is 0.257 e. The van der Waals surface area contributed by atoms with Crippen molar-refractivity contribution in [1.29, 1.82) is 0 Å². The Kier molecular flexibility index (Phi) is 6.96. The van der Waals surface area contributed by atoms with Crippen molar-refractivity contribution in [3.05, 3.63) is 27.7 Å². The summed E-state index contributed by atoms with van der Waals surface area (Å²) in [7, 11) is 1.42. The fraction of sp³-hybridized carbons (Fsp3) is 0.556. The SMILES string of the molecule is COc1c(Cl)ccc(Cl)c1C(=O)N[C@@H](C(=O)N1CCCCC1)C(C)C. The second-order valence-corrected chi connectivity index (χ2v) is 7.33. The zero-order valence-electron chi connectivity index (χ0n) is 14.8. The van der Waals surface area contributed by atoms with E-state index in [1.807, 2.05) is 18.7 Å². The van der Waals surface area contributed by atoms with Gasteiger partial charge in [0.05, 0.1) is 17.2 Å². The van der Waals surface area contributed by atoms with Crippen LogP contribution < -0.4 is 10.1 Å². The summed E-state index contributed by atoms with van der Waals surface area (Å²) in [4.78, 5) is 27.5. The van der Waals surface area contributed by atoms with E-state index in [0.717, 1.165) is 32.4 Å². The average molecular weight is 387 g/mol. The molecular formula is C18H24Cl2N2O3. The Labute approximate surface area is 158 Å². The number of benzene rings is 1. The lowest BCUT2D eigenvalue weighted by Crippen LogP contribution is -2.52. The van der Waals surface area contributed by atoms with Crippen molar-refractivity contribution in [2.45, 2.75) is 39.2 Å². The molecule has 0 saturated carbocycles. The Bertz CT molecular complexity index is 643. The van der Waals surface area contributed by atoms with Gasteiger partial charge in [-0.15, -0.1) is 0 Å². The second-order valence-electron chi connectivity index (χ2n) is 6.52. The molecule has 0 radical (unpaired) electrons. The number of ether oxygens (including phenoxy) is 1. The van der Waals surface area contributed by atoms with Gasteiger partial charge < -0.3 is 15.0 Å². The maximum atomic E-state index is 12.8. The number of carbonyl (C=O) groups excluding carboxylic acids is 2. The number of hydrogen-bond donors (Lipinski definition) is 1. The van der Waals surface area contributed by atoms with Crippen molar-refractivity contribution >= 4 is 35.0 Å². The summed E-state index contributed by atoms with van der Waals surface area (Å²) in [5.74, 6) is -0.365. The standard InChI is InChI=1S/C18H24Cl2N2O3/c1-11(2)15(18(24)22-9-5-4-6-10-22)21-17(23)14-12(19)7-8-13(20)16(14)25-3/h7-8,11,15H,4-6,9-10H2,1-3H3,(H,21,23)/t15-/m1/s1. The van der Waals surface area contributed by atoms with Crippen LogP contribution >= 0.6 is 23.2 Å². The van der Waals surface area contributed by atoms with Gasteiger partial charge in [0.1, 0.15) is 11.6 Å². The summed E-state index contributed by atoms with van der Waals surface area (Å²) in [6.45, 7) is 5.28. The molecule has 0 spiro atoms. The van der Waals surface area contributed by atoms with Gasteiger partial charge in [0.2, 0.25) is 5.91 Å². The van der Waals surface area contributed by atoms with Gasteiger partial charge in [0.25, 0.3) is 5.91 Å². The lowest BCUT2D eigenvalue weighted by molar-refractivity contribution is -0.135. The largest absolute Gasteiger partial charge is 0.494 e. The lowest BCUT2D eigenvalue weighted by atomic mass is 10.0. The zero-order valence-corrected chi connectivity index (χ0v) is 16.3. The number of likely N-dealkylation sites (tertiary alicyclic amines) is 1. The van der Waals surface area contributed by atoms with E-state index in [2.05, 4.69) is 5.32 Å². The van der Waals surface area contributed by atoms with E-state index in [1.165, 1.54) is 13.2 Å². The number of hydrogen-bond acceptors (Lipinski definition) is 3. The minimum Gasteiger partial charge on any atom is -0.494 e. The van der Waals surface area contributed by atoms with Crippen molar-refractivity contribution in [2.24, 2.45) is 5.92 Å². The van der Waals surface area contributed by atoms with E-state index in [9.17, 15) is 9.59 Å². The molecule has 1 heterocycles. The predicted octanol–water partition coefficient (Wildman–Crippen LogP) is 3.77. The van der Waals surface area contributed by atoms with Crippen molar-refractivity contribution in [2.75, 3.05) is 20.2 Å². The molecule has 1 aromatic rings. The number of carbonyl (C=O) groups is 2. The molecule has 1 aliphatic heterocycles. The van der Waals surface area contributed by atoms with Crippen LogP contribution in [0.5, 0.6) is 5.75 Å². The third kappa shape index (κ3) is 4.59.